The van der Waals surface area contributed by atoms with Crippen molar-refractivity contribution in [3.05, 3.63) is 81.2 Å². The Morgan fingerprint density at radius 2 is 1.90 bits per heavy atom. The lowest BCUT2D eigenvalue weighted by Crippen LogP contribution is -2.20. The second-order valence-corrected chi connectivity index (χ2v) is 8.28. The molecule has 2 aromatic carbocycles. The Balaban J connectivity index is 1.81. The number of halogens is 1. The standard InChI is InChI=1S/C22H21ClN2O2S2/c1-3-27-21(26)17-13-16(12-15-8-5-4-6-9-15)29-20(17)25-22(28)24-19-11-7-10-18(23)14(19)2/h4-11,13H,3,12H2,1-2H3,(H2,24,25,28). The summed E-state index contributed by atoms with van der Waals surface area (Å²) in [6.07, 6.45) is 0.729. The molecule has 0 spiro atoms. The average Bonchev–Trinajstić information content (AvgIpc) is 3.08. The molecule has 0 aliphatic carbocycles. The van der Waals surface area contributed by atoms with Gasteiger partial charge < -0.3 is 15.4 Å². The molecule has 0 unspecified atom stereocenters. The molecule has 3 rings (SSSR count). The van der Waals surface area contributed by atoms with Gasteiger partial charge in [0.15, 0.2) is 5.11 Å². The quantitative estimate of drug-likeness (QED) is 0.345. The number of ether oxygens (including phenoxy) is 1. The van der Waals surface area contributed by atoms with E-state index in [9.17, 15) is 4.79 Å². The van der Waals surface area contributed by atoms with Crippen LogP contribution in [-0.2, 0) is 11.2 Å². The molecular weight excluding hydrogens is 424 g/mol. The first-order valence-corrected chi connectivity index (χ1v) is 10.7. The van der Waals surface area contributed by atoms with Crippen molar-refractivity contribution in [1.82, 2.24) is 0 Å². The summed E-state index contributed by atoms with van der Waals surface area (Å²) in [5.74, 6) is -0.368. The number of thiocarbonyl (C=S) groups is 1. The number of esters is 1. The zero-order valence-electron chi connectivity index (χ0n) is 16.1. The second-order valence-electron chi connectivity index (χ2n) is 6.33. The second kappa shape index (κ2) is 9.87. The van der Waals surface area contributed by atoms with E-state index >= 15 is 0 Å². The fourth-order valence-corrected chi connectivity index (χ4v) is 4.31. The zero-order chi connectivity index (χ0) is 20.8. The van der Waals surface area contributed by atoms with E-state index in [1.54, 1.807) is 6.92 Å². The van der Waals surface area contributed by atoms with E-state index in [-0.39, 0.29) is 5.97 Å². The van der Waals surface area contributed by atoms with Gasteiger partial charge >= 0.3 is 5.97 Å². The van der Waals surface area contributed by atoms with Crippen molar-refractivity contribution in [1.29, 1.82) is 0 Å². The fraction of sp³-hybridized carbons (Fsp3) is 0.182. The summed E-state index contributed by atoms with van der Waals surface area (Å²) in [7, 11) is 0. The van der Waals surface area contributed by atoms with Gasteiger partial charge in [0, 0.05) is 22.0 Å². The first kappa shape index (κ1) is 21.3. The van der Waals surface area contributed by atoms with E-state index in [0.29, 0.717) is 27.3 Å². The molecule has 0 atom stereocenters. The minimum atomic E-state index is -0.368. The topological polar surface area (TPSA) is 50.4 Å². The lowest BCUT2D eigenvalue weighted by atomic mass is 10.1. The van der Waals surface area contributed by atoms with E-state index in [4.69, 9.17) is 28.6 Å². The van der Waals surface area contributed by atoms with Crippen molar-refractivity contribution >= 4 is 56.9 Å². The molecule has 0 aliphatic rings. The third kappa shape index (κ3) is 5.56. The lowest BCUT2D eigenvalue weighted by molar-refractivity contribution is 0.0528. The van der Waals surface area contributed by atoms with Crippen LogP contribution in [0.4, 0.5) is 10.7 Å². The van der Waals surface area contributed by atoms with Gasteiger partial charge in [-0.25, -0.2) is 4.79 Å². The van der Waals surface area contributed by atoms with Gasteiger partial charge in [0.2, 0.25) is 0 Å². The minimum absolute atomic E-state index is 0.312. The van der Waals surface area contributed by atoms with Gasteiger partial charge in [-0.3, -0.25) is 0 Å². The summed E-state index contributed by atoms with van der Waals surface area (Å²) < 4.78 is 5.21. The van der Waals surface area contributed by atoms with Crippen molar-refractivity contribution in [2.75, 3.05) is 17.2 Å². The molecule has 0 saturated carbocycles. The van der Waals surface area contributed by atoms with Crippen LogP contribution in [-0.4, -0.2) is 17.7 Å². The lowest BCUT2D eigenvalue weighted by Gasteiger charge is -2.13. The molecule has 1 heterocycles. The number of hydrogen-bond acceptors (Lipinski definition) is 4. The van der Waals surface area contributed by atoms with Crippen LogP contribution in [0.25, 0.3) is 0 Å². The van der Waals surface area contributed by atoms with Gasteiger partial charge in [-0.1, -0.05) is 48.0 Å². The fourth-order valence-electron chi connectivity index (χ4n) is 2.78. The van der Waals surface area contributed by atoms with E-state index < -0.39 is 0 Å². The van der Waals surface area contributed by atoms with E-state index in [1.807, 2.05) is 49.4 Å². The number of benzene rings is 2. The van der Waals surface area contributed by atoms with Crippen molar-refractivity contribution in [3.63, 3.8) is 0 Å². The predicted molar refractivity (Wildman–Crippen MR) is 126 cm³/mol. The number of anilines is 2. The van der Waals surface area contributed by atoms with Crippen LogP contribution in [0.3, 0.4) is 0 Å². The number of carbonyl (C=O) groups is 1. The Bertz CT molecular complexity index is 1020. The number of rotatable bonds is 6. The number of nitrogens with one attached hydrogen (secondary N) is 2. The van der Waals surface area contributed by atoms with Gasteiger partial charge in [0.05, 0.1) is 12.2 Å². The number of thiophene rings is 1. The van der Waals surface area contributed by atoms with Crippen LogP contribution in [0.1, 0.15) is 33.3 Å². The van der Waals surface area contributed by atoms with Crippen LogP contribution in [0, 0.1) is 6.92 Å². The highest BCUT2D eigenvalue weighted by atomic mass is 35.5. The van der Waals surface area contributed by atoms with Gasteiger partial charge in [-0.05, 0) is 55.4 Å². The maximum atomic E-state index is 12.4. The summed E-state index contributed by atoms with van der Waals surface area (Å²) in [5, 5.41) is 7.99. The summed E-state index contributed by atoms with van der Waals surface area (Å²) >= 11 is 13.1. The summed E-state index contributed by atoms with van der Waals surface area (Å²) in [6, 6.07) is 17.6. The molecule has 3 aromatic rings. The third-order valence-corrected chi connectivity index (χ3v) is 5.91. The molecule has 0 bridgehead atoms. The molecule has 2 N–H and O–H groups in total. The van der Waals surface area contributed by atoms with Crippen molar-refractivity contribution in [3.8, 4) is 0 Å². The maximum Gasteiger partial charge on any atom is 0.341 e. The molecule has 0 radical (unpaired) electrons. The summed E-state index contributed by atoms with van der Waals surface area (Å²) in [5.41, 5.74) is 3.37. The summed E-state index contributed by atoms with van der Waals surface area (Å²) in [6.45, 7) is 4.02. The first-order chi connectivity index (χ1) is 14.0. The normalized spacial score (nSPS) is 10.4. The molecule has 0 saturated heterocycles. The molecule has 7 heteroatoms. The molecule has 4 nitrogen and oxygen atoms in total. The Morgan fingerprint density at radius 3 is 2.62 bits per heavy atom. The Morgan fingerprint density at radius 1 is 1.14 bits per heavy atom. The molecule has 29 heavy (non-hydrogen) atoms. The molecular formula is C22H21ClN2O2S2. The van der Waals surface area contributed by atoms with Crippen LogP contribution < -0.4 is 10.6 Å². The van der Waals surface area contributed by atoms with E-state index in [0.717, 1.165) is 22.5 Å². The van der Waals surface area contributed by atoms with E-state index in [1.165, 1.54) is 16.9 Å². The Labute approximate surface area is 184 Å². The Hall–Kier alpha value is -2.41. The van der Waals surface area contributed by atoms with Crippen LogP contribution >= 0.6 is 35.2 Å². The van der Waals surface area contributed by atoms with Gasteiger partial charge in [0.25, 0.3) is 0 Å². The third-order valence-electron chi connectivity index (χ3n) is 4.24. The molecule has 0 aliphatic heterocycles. The number of carbonyl (C=O) groups excluding carboxylic acids is 1. The largest absolute Gasteiger partial charge is 0.462 e. The minimum Gasteiger partial charge on any atom is -0.462 e. The van der Waals surface area contributed by atoms with Crippen molar-refractivity contribution in [2.45, 2.75) is 20.3 Å². The molecule has 150 valence electrons. The molecule has 1 aromatic heterocycles. The van der Waals surface area contributed by atoms with Crippen molar-refractivity contribution in [2.24, 2.45) is 0 Å². The highest BCUT2D eigenvalue weighted by molar-refractivity contribution is 7.80. The van der Waals surface area contributed by atoms with Crippen molar-refractivity contribution < 1.29 is 9.53 Å². The van der Waals surface area contributed by atoms with Gasteiger partial charge in [-0.15, -0.1) is 11.3 Å². The highest BCUT2D eigenvalue weighted by Gasteiger charge is 2.18. The van der Waals surface area contributed by atoms with E-state index in [2.05, 4.69) is 22.8 Å². The smallest absolute Gasteiger partial charge is 0.341 e. The van der Waals surface area contributed by atoms with Crippen LogP contribution in [0.2, 0.25) is 5.02 Å². The SMILES string of the molecule is CCOC(=O)c1cc(Cc2ccccc2)sc1NC(=S)Nc1cccc(Cl)c1C. The first-order valence-electron chi connectivity index (χ1n) is 9.14. The monoisotopic (exact) mass is 444 g/mol. The highest BCUT2D eigenvalue weighted by Crippen LogP contribution is 2.31. The predicted octanol–water partition coefficient (Wildman–Crippen LogP) is 6.29. The maximum absolute atomic E-state index is 12.4. The van der Waals surface area contributed by atoms with Crippen LogP contribution in [0.15, 0.2) is 54.6 Å². The van der Waals surface area contributed by atoms with Gasteiger partial charge in [0.1, 0.15) is 5.00 Å². The zero-order valence-corrected chi connectivity index (χ0v) is 18.5. The average molecular weight is 445 g/mol. The summed E-state index contributed by atoms with van der Waals surface area (Å²) in [4.78, 5) is 13.5. The molecule has 0 fully saturated rings. The Kier molecular flexibility index (Phi) is 7.25. The number of hydrogen-bond donors (Lipinski definition) is 2. The van der Waals surface area contributed by atoms with Gasteiger partial charge in [-0.2, -0.15) is 0 Å². The molecule has 0 amide bonds. The van der Waals surface area contributed by atoms with Crippen LogP contribution in [0.5, 0.6) is 0 Å².